The molecular formula is C18H18BrFN4OS. The summed E-state index contributed by atoms with van der Waals surface area (Å²) in [6, 6.07) is 7.88. The number of thiophene rings is 1. The van der Waals surface area contributed by atoms with Crippen LogP contribution in [0.2, 0.25) is 0 Å². The third-order valence-electron chi connectivity index (χ3n) is 3.98. The molecule has 0 aliphatic rings. The number of hydrogen-bond donors (Lipinski definition) is 2. The van der Waals surface area contributed by atoms with Crippen molar-refractivity contribution >= 4 is 33.2 Å². The molecule has 8 heteroatoms. The van der Waals surface area contributed by atoms with E-state index < -0.39 is 0 Å². The average molecular weight is 437 g/mol. The van der Waals surface area contributed by atoms with Gasteiger partial charge in [-0.2, -0.15) is 5.10 Å². The molecule has 0 bridgehead atoms. The van der Waals surface area contributed by atoms with E-state index in [1.165, 1.54) is 23.5 Å². The van der Waals surface area contributed by atoms with Crippen LogP contribution in [-0.2, 0) is 13.5 Å². The Labute approximate surface area is 163 Å². The normalized spacial score (nSPS) is 12.2. The highest BCUT2D eigenvalue weighted by Gasteiger charge is 2.17. The van der Waals surface area contributed by atoms with Gasteiger partial charge < -0.3 is 11.1 Å². The highest BCUT2D eigenvalue weighted by Crippen LogP contribution is 2.31. The van der Waals surface area contributed by atoms with Crippen LogP contribution in [0.15, 0.2) is 46.4 Å². The van der Waals surface area contributed by atoms with Gasteiger partial charge in [-0.05, 0) is 46.1 Å². The van der Waals surface area contributed by atoms with Crippen LogP contribution in [0.25, 0.3) is 11.3 Å². The van der Waals surface area contributed by atoms with Crippen molar-refractivity contribution in [3.05, 3.63) is 62.6 Å². The second kappa shape index (κ2) is 8.11. The molecule has 1 amide bonds. The van der Waals surface area contributed by atoms with Crippen LogP contribution in [0, 0.1) is 5.82 Å². The monoisotopic (exact) mass is 436 g/mol. The Kier molecular flexibility index (Phi) is 5.85. The van der Waals surface area contributed by atoms with E-state index in [4.69, 9.17) is 5.73 Å². The van der Waals surface area contributed by atoms with Crippen LogP contribution in [0.1, 0.15) is 15.2 Å². The van der Waals surface area contributed by atoms with Crippen molar-refractivity contribution in [2.75, 3.05) is 6.54 Å². The fourth-order valence-corrected chi connectivity index (χ4v) is 4.08. The lowest BCUT2D eigenvalue weighted by Crippen LogP contribution is -2.41. The topological polar surface area (TPSA) is 72.9 Å². The molecule has 1 aromatic carbocycles. The van der Waals surface area contributed by atoms with Crippen LogP contribution in [0.5, 0.6) is 0 Å². The number of nitrogens with one attached hydrogen (secondary N) is 1. The Bertz CT molecular complexity index is 904. The molecule has 26 heavy (non-hydrogen) atoms. The van der Waals surface area contributed by atoms with Crippen LogP contribution in [-0.4, -0.2) is 28.3 Å². The number of amides is 1. The molecule has 3 aromatic rings. The number of halogens is 2. The van der Waals surface area contributed by atoms with Crippen LogP contribution in [0.4, 0.5) is 4.39 Å². The number of rotatable bonds is 6. The third-order valence-corrected chi connectivity index (χ3v) is 5.49. The van der Waals surface area contributed by atoms with Crippen LogP contribution >= 0.6 is 27.3 Å². The molecular weight excluding hydrogens is 419 g/mol. The molecule has 1 atom stereocenters. The van der Waals surface area contributed by atoms with Gasteiger partial charge in [0.05, 0.1) is 21.2 Å². The second-order valence-electron chi connectivity index (χ2n) is 5.90. The summed E-state index contributed by atoms with van der Waals surface area (Å²) >= 11 is 4.83. The number of carbonyl (C=O) groups excluding carboxylic acids is 1. The lowest BCUT2D eigenvalue weighted by atomic mass is 10.1. The van der Waals surface area contributed by atoms with E-state index in [1.807, 2.05) is 24.6 Å². The highest BCUT2D eigenvalue weighted by molar-refractivity contribution is 9.10. The van der Waals surface area contributed by atoms with Crippen molar-refractivity contribution in [3.8, 4) is 11.3 Å². The lowest BCUT2D eigenvalue weighted by Gasteiger charge is -2.16. The largest absolute Gasteiger partial charge is 0.347 e. The first-order valence-corrected chi connectivity index (χ1v) is 9.67. The summed E-state index contributed by atoms with van der Waals surface area (Å²) < 4.78 is 15.9. The van der Waals surface area contributed by atoms with Gasteiger partial charge in [-0.1, -0.05) is 12.1 Å². The first-order chi connectivity index (χ1) is 12.5. The molecule has 0 aliphatic heterocycles. The molecule has 0 aliphatic carbocycles. The molecule has 136 valence electrons. The summed E-state index contributed by atoms with van der Waals surface area (Å²) in [6.45, 7) is 0.272. The first kappa shape index (κ1) is 18.8. The summed E-state index contributed by atoms with van der Waals surface area (Å²) in [5, 5.41) is 9.03. The van der Waals surface area contributed by atoms with Gasteiger partial charge in [-0.15, -0.1) is 11.3 Å². The second-order valence-corrected chi connectivity index (χ2v) is 7.67. The predicted molar refractivity (Wildman–Crippen MR) is 105 cm³/mol. The van der Waals surface area contributed by atoms with Gasteiger partial charge >= 0.3 is 0 Å². The van der Waals surface area contributed by atoms with Gasteiger partial charge in [-0.25, -0.2) is 4.39 Å². The Morgan fingerprint density at radius 2 is 2.27 bits per heavy atom. The lowest BCUT2D eigenvalue weighted by molar-refractivity contribution is 0.0942. The van der Waals surface area contributed by atoms with E-state index in [2.05, 4.69) is 26.3 Å². The summed E-state index contributed by atoms with van der Waals surface area (Å²) in [5.41, 5.74) is 8.41. The zero-order valence-electron chi connectivity index (χ0n) is 14.1. The van der Waals surface area contributed by atoms with Crippen molar-refractivity contribution in [3.63, 3.8) is 0 Å². The zero-order valence-corrected chi connectivity index (χ0v) is 16.5. The van der Waals surface area contributed by atoms with E-state index in [1.54, 1.807) is 16.9 Å². The van der Waals surface area contributed by atoms with Crippen molar-refractivity contribution in [1.82, 2.24) is 15.1 Å². The Hall–Kier alpha value is -2.03. The van der Waals surface area contributed by atoms with Crippen molar-refractivity contribution < 1.29 is 9.18 Å². The smallest absolute Gasteiger partial charge is 0.261 e. The fraction of sp³-hybridized carbons (Fsp3) is 0.222. The minimum atomic E-state index is -0.297. The molecule has 0 saturated heterocycles. The van der Waals surface area contributed by atoms with E-state index in [9.17, 15) is 9.18 Å². The summed E-state index contributed by atoms with van der Waals surface area (Å²) in [6.07, 6.45) is 2.20. The van der Waals surface area contributed by atoms with Gasteiger partial charge in [0.1, 0.15) is 5.82 Å². The standard InChI is InChI=1S/C18H18BrFN4OS/c1-24-17(15(19)9-22-24)12-7-16(26-10-12)18(25)23-14(8-21)6-11-3-2-4-13(20)5-11/h2-5,7,9-10,14H,6,8,21H2,1H3,(H,23,25)/t14-/m0/s1. The molecule has 2 aromatic heterocycles. The van der Waals surface area contributed by atoms with Crippen LogP contribution in [0.3, 0.4) is 0 Å². The number of nitrogens with two attached hydrogens (primary N) is 1. The highest BCUT2D eigenvalue weighted by atomic mass is 79.9. The minimum Gasteiger partial charge on any atom is -0.347 e. The van der Waals surface area contributed by atoms with Gasteiger partial charge in [0, 0.05) is 30.6 Å². The number of hydrogen-bond acceptors (Lipinski definition) is 4. The molecule has 2 heterocycles. The van der Waals surface area contributed by atoms with E-state index in [0.717, 1.165) is 21.3 Å². The summed E-state index contributed by atoms with van der Waals surface area (Å²) in [5.74, 6) is -0.486. The quantitative estimate of drug-likeness (QED) is 0.622. The summed E-state index contributed by atoms with van der Waals surface area (Å²) in [4.78, 5) is 13.1. The zero-order chi connectivity index (χ0) is 18.7. The molecule has 0 radical (unpaired) electrons. The van der Waals surface area contributed by atoms with Gasteiger partial charge in [-0.3, -0.25) is 9.48 Å². The molecule has 5 nitrogen and oxygen atoms in total. The number of benzene rings is 1. The Morgan fingerprint density at radius 1 is 1.46 bits per heavy atom. The molecule has 0 saturated carbocycles. The number of aryl methyl sites for hydroxylation is 1. The molecule has 0 spiro atoms. The number of nitrogens with zero attached hydrogens (tertiary/aromatic N) is 2. The van der Waals surface area contributed by atoms with Crippen molar-refractivity contribution in [2.45, 2.75) is 12.5 Å². The average Bonchev–Trinajstić information content (AvgIpc) is 3.21. The third kappa shape index (κ3) is 4.20. The fourth-order valence-electron chi connectivity index (χ4n) is 2.71. The Morgan fingerprint density at radius 3 is 2.92 bits per heavy atom. The summed E-state index contributed by atoms with van der Waals surface area (Å²) in [7, 11) is 1.85. The van der Waals surface area contributed by atoms with Crippen LogP contribution < -0.4 is 11.1 Å². The molecule has 0 fully saturated rings. The molecule has 3 rings (SSSR count). The van der Waals surface area contributed by atoms with Crippen molar-refractivity contribution in [1.29, 1.82) is 0 Å². The Balaban J connectivity index is 1.71. The maximum absolute atomic E-state index is 13.3. The number of aromatic nitrogens is 2. The minimum absolute atomic E-state index is 0.189. The van der Waals surface area contributed by atoms with E-state index in [0.29, 0.717) is 11.3 Å². The molecule has 3 N–H and O–H groups in total. The number of carbonyl (C=O) groups is 1. The molecule has 0 unspecified atom stereocenters. The van der Waals surface area contributed by atoms with Gasteiger partial charge in [0.15, 0.2) is 0 Å². The predicted octanol–water partition coefficient (Wildman–Crippen LogP) is 3.35. The SMILES string of the molecule is Cn1ncc(Br)c1-c1csc(C(=O)N[C@H](CN)Cc2cccc(F)c2)c1. The maximum Gasteiger partial charge on any atom is 0.261 e. The van der Waals surface area contributed by atoms with Gasteiger partial charge in [0.25, 0.3) is 5.91 Å². The van der Waals surface area contributed by atoms with Gasteiger partial charge in [0.2, 0.25) is 0 Å². The van der Waals surface area contributed by atoms with E-state index in [-0.39, 0.29) is 24.3 Å². The first-order valence-electron chi connectivity index (χ1n) is 7.99. The van der Waals surface area contributed by atoms with Crippen molar-refractivity contribution in [2.24, 2.45) is 12.8 Å². The van der Waals surface area contributed by atoms with E-state index >= 15 is 0 Å². The maximum atomic E-state index is 13.3.